The van der Waals surface area contributed by atoms with Gasteiger partial charge in [0.25, 0.3) is 0 Å². The van der Waals surface area contributed by atoms with Crippen LogP contribution in [0, 0.1) is 5.92 Å². The smallest absolute Gasteiger partial charge is 0.348 e. The van der Waals surface area contributed by atoms with Gasteiger partial charge >= 0.3 is 5.97 Å². The highest BCUT2D eigenvalue weighted by Crippen LogP contribution is 2.29. The van der Waals surface area contributed by atoms with E-state index >= 15 is 0 Å². The first-order valence-electron chi connectivity index (χ1n) is 4.18. The minimum Gasteiger partial charge on any atom is -0.461 e. The van der Waals surface area contributed by atoms with E-state index in [1.54, 1.807) is 12.1 Å². The number of rotatable bonds is 3. The number of ether oxygens (including phenoxy) is 1. The van der Waals surface area contributed by atoms with Crippen LogP contribution in [0.1, 0.15) is 22.5 Å². The maximum atomic E-state index is 11.3. The number of halogens is 1. The lowest BCUT2D eigenvalue weighted by Crippen LogP contribution is -2.05. The number of carbonyl (C=O) groups excluding carboxylic acids is 1. The average molecular weight is 217 g/mol. The summed E-state index contributed by atoms with van der Waals surface area (Å²) in [7, 11) is 0. The molecule has 1 heterocycles. The molecule has 2 rings (SSSR count). The van der Waals surface area contributed by atoms with Gasteiger partial charge in [-0.1, -0.05) is 11.6 Å². The van der Waals surface area contributed by atoms with Crippen molar-refractivity contribution in [2.75, 3.05) is 6.61 Å². The first kappa shape index (κ1) is 9.03. The molecule has 13 heavy (non-hydrogen) atoms. The van der Waals surface area contributed by atoms with Crippen LogP contribution in [0.2, 0.25) is 4.34 Å². The van der Waals surface area contributed by atoms with Gasteiger partial charge in [0.2, 0.25) is 0 Å². The summed E-state index contributed by atoms with van der Waals surface area (Å²) in [5.41, 5.74) is 0. The molecule has 1 aliphatic carbocycles. The van der Waals surface area contributed by atoms with E-state index in [1.807, 2.05) is 0 Å². The van der Waals surface area contributed by atoms with Gasteiger partial charge in [-0.2, -0.15) is 0 Å². The summed E-state index contributed by atoms with van der Waals surface area (Å²) in [6, 6.07) is 3.40. The van der Waals surface area contributed by atoms with Gasteiger partial charge in [0.1, 0.15) is 4.88 Å². The third-order valence-electron chi connectivity index (χ3n) is 1.92. The largest absolute Gasteiger partial charge is 0.461 e. The Labute approximate surface area is 85.5 Å². The zero-order chi connectivity index (χ0) is 9.26. The number of hydrogen-bond acceptors (Lipinski definition) is 3. The molecule has 0 spiro atoms. The molecule has 0 aliphatic heterocycles. The van der Waals surface area contributed by atoms with Gasteiger partial charge < -0.3 is 4.74 Å². The van der Waals surface area contributed by atoms with Crippen molar-refractivity contribution in [3.8, 4) is 0 Å². The predicted octanol–water partition coefficient (Wildman–Crippen LogP) is 2.97. The number of esters is 1. The zero-order valence-electron chi connectivity index (χ0n) is 6.96. The number of carbonyl (C=O) groups is 1. The lowest BCUT2D eigenvalue weighted by Gasteiger charge is -1.99. The fourth-order valence-electron chi connectivity index (χ4n) is 0.973. The van der Waals surface area contributed by atoms with Crippen LogP contribution in [-0.4, -0.2) is 12.6 Å². The fraction of sp³-hybridized carbons (Fsp3) is 0.444. The van der Waals surface area contributed by atoms with Crippen LogP contribution in [0.15, 0.2) is 12.1 Å². The van der Waals surface area contributed by atoms with Crippen molar-refractivity contribution in [1.29, 1.82) is 0 Å². The Balaban J connectivity index is 1.88. The molecular formula is C9H9ClO2S. The zero-order valence-corrected chi connectivity index (χ0v) is 8.53. The molecule has 1 fully saturated rings. The Morgan fingerprint density at radius 1 is 1.62 bits per heavy atom. The third kappa shape index (κ3) is 2.45. The van der Waals surface area contributed by atoms with Crippen molar-refractivity contribution in [3.05, 3.63) is 21.3 Å². The van der Waals surface area contributed by atoms with Crippen LogP contribution >= 0.6 is 22.9 Å². The van der Waals surface area contributed by atoms with E-state index in [4.69, 9.17) is 16.3 Å². The second-order valence-electron chi connectivity index (χ2n) is 3.15. The van der Waals surface area contributed by atoms with Crippen LogP contribution in [-0.2, 0) is 4.74 Å². The summed E-state index contributed by atoms with van der Waals surface area (Å²) in [5.74, 6) is 0.364. The Morgan fingerprint density at radius 2 is 2.38 bits per heavy atom. The van der Waals surface area contributed by atoms with E-state index in [-0.39, 0.29) is 5.97 Å². The van der Waals surface area contributed by atoms with Crippen molar-refractivity contribution in [2.45, 2.75) is 12.8 Å². The molecular weight excluding hydrogens is 208 g/mol. The first-order valence-corrected chi connectivity index (χ1v) is 5.37. The summed E-state index contributed by atoms with van der Waals surface area (Å²) in [5, 5.41) is 0. The predicted molar refractivity (Wildman–Crippen MR) is 52.3 cm³/mol. The van der Waals surface area contributed by atoms with Gasteiger partial charge in [0.15, 0.2) is 0 Å². The third-order valence-corrected chi connectivity index (χ3v) is 3.13. The molecule has 0 bridgehead atoms. The monoisotopic (exact) mass is 216 g/mol. The quantitative estimate of drug-likeness (QED) is 0.727. The van der Waals surface area contributed by atoms with Crippen molar-refractivity contribution in [3.63, 3.8) is 0 Å². The van der Waals surface area contributed by atoms with Crippen molar-refractivity contribution >= 4 is 28.9 Å². The van der Waals surface area contributed by atoms with E-state index in [0.717, 1.165) is 0 Å². The average Bonchev–Trinajstić information content (AvgIpc) is 2.84. The SMILES string of the molecule is O=C(OCC1CC1)c1ccc(Cl)s1. The highest BCUT2D eigenvalue weighted by atomic mass is 35.5. The summed E-state index contributed by atoms with van der Waals surface area (Å²) >= 11 is 6.95. The highest BCUT2D eigenvalue weighted by molar-refractivity contribution is 7.17. The minimum absolute atomic E-state index is 0.246. The minimum atomic E-state index is -0.246. The topological polar surface area (TPSA) is 26.3 Å². The summed E-state index contributed by atoms with van der Waals surface area (Å²) in [6.45, 7) is 0.564. The molecule has 0 amide bonds. The van der Waals surface area contributed by atoms with Crippen LogP contribution in [0.25, 0.3) is 0 Å². The number of thiophene rings is 1. The molecule has 0 radical (unpaired) electrons. The van der Waals surface area contributed by atoms with E-state index in [1.165, 1.54) is 24.2 Å². The van der Waals surface area contributed by atoms with Crippen molar-refractivity contribution < 1.29 is 9.53 Å². The Morgan fingerprint density at radius 3 is 2.92 bits per heavy atom. The molecule has 2 nitrogen and oxygen atoms in total. The second-order valence-corrected chi connectivity index (χ2v) is 4.86. The van der Waals surface area contributed by atoms with E-state index in [9.17, 15) is 4.79 Å². The highest BCUT2D eigenvalue weighted by Gasteiger charge is 2.23. The molecule has 1 aromatic rings. The Kier molecular flexibility index (Phi) is 2.56. The van der Waals surface area contributed by atoms with Gasteiger partial charge in [-0.05, 0) is 30.9 Å². The van der Waals surface area contributed by atoms with Crippen LogP contribution in [0.4, 0.5) is 0 Å². The molecule has 1 aromatic heterocycles. The van der Waals surface area contributed by atoms with Gasteiger partial charge in [-0.15, -0.1) is 11.3 Å². The van der Waals surface area contributed by atoms with E-state index in [2.05, 4.69) is 0 Å². The molecule has 0 atom stereocenters. The first-order chi connectivity index (χ1) is 6.25. The second kappa shape index (κ2) is 3.68. The van der Waals surface area contributed by atoms with Gasteiger partial charge in [0, 0.05) is 0 Å². The molecule has 0 N–H and O–H groups in total. The normalized spacial score (nSPS) is 15.8. The van der Waals surface area contributed by atoms with Crippen LogP contribution in [0.5, 0.6) is 0 Å². The molecule has 4 heteroatoms. The Hall–Kier alpha value is -0.540. The lowest BCUT2D eigenvalue weighted by atomic mass is 10.4. The Bertz CT molecular complexity index is 317. The molecule has 0 aromatic carbocycles. The summed E-state index contributed by atoms with van der Waals surface area (Å²) < 4.78 is 5.70. The van der Waals surface area contributed by atoms with E-state index < -0.39 is 0 Å². The molecule has 70 valence electrons. The maximum Gasteiger partial charge on any atom is 0.348 e. The molecule has 1 saturated carbocycles. The fourth-order valence-corrected chi connectivity index (χ4v) is 1.91. The summed E-state index contributed by atoms with van der Waals surface area (Å²) in [6.07, 6.45) is 2.39. The maximum absolute atomic E-state index is 11.3. The van der Waals surface area contributed by atoms with Crippen molar-refractivity contribution in [1.82, 2.24) is 0 Å². The molecule has 0 unspecified atom stereocenters. The standard InChI is InChI=1S/C9H9ClO2S/c10-8-4-3-7(13-8)9(11)12-5-6-1-2-6/h3-4,6H,1-2,5H2. The van der Waals surface area contributed by atoms with Crippen LogP contribution in [0.3, 0.4) is 0 Å². The summed E-state index contributed by atoms with van der Waals surface area (Å²) in [4.78, 5) is 11.9. The number of hydrogen-bond donors (Lipinski definition) is 0. The molecule has 0 saturated heterocycles. The van der Waals surface area contributed by atoms with Gasteiger partial charge in [-0.25, -0.2) is 4.79 Å². The molecule has 1 aliphatic rings. The van der Waals surface area contributed by atoms with Gasteiger partial charge in [0.05, 0.1) is 10.9 Å². The van der Waals surface area contributed by atoms with E-state index in [0.29, 0.717) is 21.7 Å². The lowest BCUT2D eigenvalue weighted by molar-refractivity contribution is 0.0492. The van der Waals surface area contributed by atoms with Crippen LogP contribution < -0.4 is 0 Å². The van der Waals surface area contributed by atoms with Gasteiger partial charge in [-0.3, -0.25) is 0 Å². The van der Waals surface area contributed by atoms with Crippen molar-refractivity contribution in [2.24, 2.45) is 5.92 Å².